The van der Waals surface area contributed by atoms with E-state index in [4.69, 9.17) is 16.3 Å². The largest absolute Gasteiger partial charge is 0.381 e. The molecule has 1 atom stereocenters. The van der Waals surface area contributed by atoms with E-state index in [1.807, 2.05) is 24.6 Å². The third-order valence-electron chi connectivity index (χ3n) is 4.96. The van der Waals surface area contributed by atoms with Crippen LogP contribution >= 0.6 is 34.7 Å². The molecule has 150 valence electrons. The highest BCUT2D eigenvalue weighted by Crippen LogP contribution is 2.31. The number of pyridine rings is 1. The molecule has 1 aliphatic rings. The number of hydrogen-bond donors (Lipinski definition) is 0. The fourth-order valence-electron chi connectivity index (χ4n) is 3.35. The van der Waals surface area contributed by atoms with E-state index in [1.165, 1.54) is 6.20 Å². The Kier molecular flexibility index (Phi) is 8.02. The van der Waals surface area contributed by atoms with E-state index >= 15 is 0 Å². The molecule has 3 heterocycles. The number of Topliss-reactive ketones (excluding diaryl/α,β-unsaturated/α-hetero) is 2. The number of carbonyl (C=O) groups excluding carboxylic acids is 2. The first kappa shape index (κ1) is 21.4. The molecule has 0 saturated carbocycles. The maximum Gasteiger partial charge on any atom is 0.191 e. The Morgan fingerprint density at radius 1 is 1.25 bits per heavy atom. The van der Waals surface area contributed by atoms with E-state index in [-0.39, 0.29) is 30.3 Å². The van der Waals surface area contributed by atoms with E-state index in [2.05, 4.69) is 9.97 Å². The second kappa shape index (κ2) is 10.5. The van der Waals surface area contributed by atoms with Crippen molar-refractivity contribution >= 4 is 46.3 Å². The molecule has 1 saturated heterocycles. The normalized spacial score (nSPS) is 16.1. The van der Waals surface area contributed by atoms with Gasteiger partial charge in [0.15, 0.2) is 10.8 Å². The molecule has 2 aromatic heterocycles. The van der Waals surface area contributed by atoms with Crippen molar-refractivity contribution in [2.75, 3.05) is 19.5 Å². The molecule has 28 heavy (non-hydrogen) atoms. The Hall–Kier alpha value is -1.28. The van der Waals surface area contributed by atoms with Crippen LogP contribution in [0.2, 0.25) is 4.34 Å². The molecule has 0 N–H and O–H groups in total. The number of carbonyl (C=O) groups is 2. The Morgan fingerprint density at radius 2 is 2.04 bits per heavy atom. The molecule has 0 radical (unpaired) electrons. The monoisotopic (exact) mass is 438 g/mol. The highest BCUT2D eigenvalue weighted by Gasteiger charge is 2.27. The van der Waals surface area contributed by atoms with Gasteiger partial charge in [0.25, 0.3) is 0 Å². The van der Waals surface area contributed by atoms with E-state index in [0.717, 1.165) is 54.4 Å². The highest BCUT2D eigenvalue weighted by atomic mass is 35.5. The SMILES string of the molecule is CSc1ccc(C(CC2CCOCC2)C(=O)CCC(=O)c2ncc(Cl)s2)nc1. The van der Waals surface area contributed by atoms with Gasteiger partial charge in [-0.2, -0.15) is 0 Å². The molecule has 1 fully saturated rings. The number of nitrogens with zero attached hydrogens (tertiary/aromatic N) is 2. The molecule has 0 aromatic carbocycles. The standard InChI is InChI=1S/C20H23ClN2O3S2/c1-27-14-2-3-16(22-11-14)15(10-13-6-8-26-9-7-13)17(24)4-5-18(25)20-23-12-19(21)28-20/h2-3,11-13,15H,4-10H2,1H3. The van der Waals surface area contributed by atoms with Gasteiger partial charge in [0, 0.05) is 37.1 Å². The lowest BCUT2D eigenvalue weighted by Crippen LogP contribution is -2.23. The first-order valence-corrected chi connectivity index (χ1v) is 11.7. The van der Waals surface area contributed by atoms with Crippen LogP contribution in [0.4, 0.5) is 0 Å². The zero-order valence-electron chi connectivity index (χ0n) is 15.7. The van der Waals surface area contributed by atoms with E-state index in [1.54, 1.807) is 11.8 Å². The summed E-state index contributed by atoms with van der Waals surface area (Å²) in [5.41, 5.74) is 0.791. The first-order chi connectivity index (χ1) is 13.6. The Balaban J connectivity index is 1.68. The molecule has 0 aliphatic carbocycles. The van der Waals surface area contributed by atoms with E-state index in [0.29, 0.717) is 15.3 Å². The first-order valence-electron chi connectivity index (χ1n) is 9.31. The molecule has 5 nitrogen and oxygen atoms in total. The van der Waals surface area contributed by atoms with Gasteiger partial charge in [-0.05, 0) is 43.6 Å². The zero-order chi connectivity index (χ0) is 19.9. The van der Waals surface area contributed by atoms with Crippen molar-refractivity contribution in [2.45, 2.75) is 42.9 Å². The molecular weight excluding hydrogens is 416 g/mol. The van der Waals surface area contributed by atoms with Crippen molar-refractivity contribution in [3.63, 3.8) is 0 Å². The lowest BCUT2D eigenvalue weighted by atomic mass is 9.83. The van der Waals surface area contributed by atoms with Crippen molar-refractivity contribution in [2.24, 2.45) is 5.92 Å². The number of halogens is 1. The fourth-order valence-corrected chi connectivity index (χ4v) is 4.59. The highest BCUT2D eigenvalue weighted by molar-refractivity contribution is 7.98. The number of thioether (sulfide) groups is 1. The molecule has 2 aromatic rings. The van der Waals surface area contributed by atoms with Crippen molar-refractivity contribution in [3.05, 3.63) is 39.6 Å². The maximum absolute atomic E-state index is 13.0. The van der Waals surface area contributed by atoms with Gasteiger partial charge < -0.3 is 4.74 Å². The number of ether oxygens (including phenoxy) is 1. The van der Waals surface area contributed by atoms with Gasteiger partial charge in [0.1, 0.15) is 10.1 Å². The number of thiazole rings is 1. The molecule has 1 aliphatic heterocycles. The summed E-state index contributed by atoms with van der Waals surface area (Å²) in [7, 11) is 0. The van der Waals surface area contributed by atoms with E-state index in [9.17, 15) is 9.59 Å². The van der Waals surface area contributed by atoms with Crippen molar-refractivity contribution in [3.8, 4) is 0 Å². The minimum absolute atomic E-state index is 0.0619. The molecule has 0 spiro atoms. The van der Waals surface area contributed by atoms with Crippen LogP contribution in [0.1, 0.15) is 53.5 Å². The van der Waals surface area contributed by atoms with Gasteiger partial charge in [0.2, 0.25) is 0 Å². The zero-order valence-corrected chi connectivity index (χ0v) is 18.1. The summed E-state index contributed by atoms with van der Waals surface area (Å²) in [6.45, 7) is 1.49. The van der Waals surface area contributed by atoms with E-state index < -0.39 is 0 Å². The van der Waals surface area contributed by atoms with Gasteiger partial charge in [-0.1, -0.05) is 22.9 Å². The average Bonchev–Trinajstić information content (AvgIpc) is 3.17. The van der Waals surface area contributed by atoms with Gasteiger partial charge in [0.05, 0.1) is 17.8 Å². The summed E-state index contributed by atoms with van der Waals surface area (Å²) in [6, 6.07) is 3.94. The van der Waals surface area contributed by atoms with Gasteiger partial charge in [-0.15, -0.1) is 11.8 Å². The quantitative estimate of drug-likeness (QED) is 0.403. The van der Waals surface area contributed by atoms with Crippen molar-refractivity contribution in [1.82, 2.24) is 9.97 Å². The predicted molar refractivity (Wildman–Crippen MR) is 113 cm³/mol. The van der Waals surface area contributed by atoms with Crippen LogP contribution in [0.3, 0.4) is 0 Å². The molecule has 0 bridgehead atoms. The van der Waals surface area contributed by atoms with Gasteiger partial charge in [-0.3, -0.25) is 14.6 Å². The number of hydrogen-bond acceptors (Lipinski definition) is 7. The molecule has 3 rings (SSSR count). The second-order valence-corrected chi connectivity index (χ2v) is 9.37. The number of aromatic nitrogens is 2. The van der Waals surface area contributed by atoms with Crippen LogP contribution in [0.5, 0.6) is 0 Å². The Bertz CT molecular complexity index is 804. The van der Waals surface area contributed by atoms with Gasteiger partial charge >= 0.3 is 0 Å². The predicted octanol–water partition coefficient (Wildman–Crippen LogP) is 5.05. The minimum Gasteiger partial charge on any atom is -0.381 e. The summed E-state index contributed by atoms with van der Waals surface area (Å²) in [5, 5.41) is 0.362. The second-order valence-electron chi connectivity index (χ2n) is 6.83. The lowest BCUT2D eigenvalue weighted by molar-refractivity contribution is -0.121. The topological polar surface area (TPSA) is 69.2 Å². The summed E-state index contributed by atoms with van der Waals surface area (Å²) >= 11 is 8.62. The van der Waals surface area contributed by atoms with Crippen molar-refractivity contribution < 1.29 is 14.3 Å². The lowest BCUT2D eigenvalue weighted by Gasteiger charge is -2.26. The summed E-state index contributed by atoms with van der Waals surface area (Å²) in [4.78, 5) is 35.0. The fraction of sp³-hybridized carbons (Fsp3) is 0.500. The summed E-state index contributed by atoms with van der Waals surface area (Å²) in [6.07, 6.45) is 8.29. The molecule has 0 amide bonds. The van der Waals surface area contributed by atoms with Crippen LogP contribution in [0, 0.1) is 5.92 Å². The molecule has 1 unspecified atom stereocenters. The van der Waals surface area contributed by atoms with Crippen LogP contribution in [-0.4, -0.2) is 41.0 Å². The van der Waals surface area contributed by atoms with Crippen LogP contribution in [0.15, 0.2) is 29.4 Å². The Morgan fingerprint density at radius 3 is 2.64 bits per heavy atom. The van der Waals surface area contributed by atoms with Crippen LogP contribution in [-0.2, 0) is 9.53 Å². The summed E-state index contributed by atoms with van der Waals surface area (Å²) in [5.74, 6) is 0.0811. The van der Waals surface area contributed by atoms with Crippen LogP contribution < -0.4 is 0 Å². The summed E-state index contributed by atoms with van der Waals surface area (Å²) < 4.78 is 5.92. The smallest absolute Gasteiger partial charge is 0.191 e. The molecule has 8 heteroatoms. The third-order valence-corrected chi connectivity index (χ3v) is 6.83. The average molecular weight is 439 g/mol. The minimum atomic E-state index is -0.285. The van der Waals surface area contributed by atoms with Gasteiger partial charge in [-0.25, -0.2) is 4.98 Å². The maximum atomic E-state index is 13.0. The third kappa shape index (κ3) is 5.86. The number of ketones is 2. The number of rotatable bonds is 9. The Labute approximate surface area is 178 Å². The molecular formula is C20H23ClN2O3S2. The van der Waals surface area contributed by atoms with Crippen LogP contribution in [0.25, 0.3) is 0 Å². The van der Waals surface area contributed by atoms with Crippen molar-refractivity contribution in [1.29, 1.82) is 0 Å².